The molecule has 2 aromatic heterocycles. The van der Waals surface area contributed by atoms with Gasteiger partial charge in [0.05, 0.1) is 24.1 Å². The van der Waals surface area contributed by atoms with Crippen LogP contribution in [0.2, 0.25) is 0 Å². The molecule has 4 aliphatic rings. The molecule has 340 valence electrons. The number of aromatic nitrogens is 2. The van der Waals surface area contributed by atoms with Crippen LogP contribution in [-0.4, -0.2) is 93.2 Å². The van der Waals surface area contributed by atoms with Crippen LogP contribution >= 0.6 is 11.8 Å². The second kappa shape index (κ2) is 17.7. The number of pyridine rings is 1. The highest BCUT2D eigenvalue weighted by atomic mass is 32.2. The maximum absolute atomic E-state index is 14.9. The highest BCUT2D eigenvalue weighted by molar-refractivity contribution is 8.12. The van der Waals surface area contributed by atoms with Crippen LogP contribution < -0.4 is 10.7 Å². The number of cyclic esters (lactones) is 1. The minimum absolute atomic E-state index is 0.0146. The van der Waals surface area contributed by atoms with E-state index in [-0.39, 0.29) is 48.5 Å². The molecular weight excluding hydrogens is 829 g/mol. The van der Waals surface area contributed by atoms with Crippen molar-refractivity contribution >= 4 is 46.4 Å². The number of amides is 3. The Kier molecular flexibility index (Phi) is 12.5. The van der Waals surface area contributed by atoms with Crippen molar-refractivity contribution in [3.05, 3.63) is 81.9 Å². The maximum Gasteiger partial charge on any atom is 0.333 e. The van der Waals surface area contributed by atoms with Crippen LogP contribution in [0.5, 0.6) is 5.75 Å². The highest BCUT2D eigenvalue weighted by Gasteiger charge is 2.52. The minimum atomic E-state index is -1.29. The molecule has 13 nitrogen and oxygen atoms in total. The molecule has 3 aliphatic heterocycles. The van der Waals surface area contributed by atoms with E-state index >= 15 is 0 Å². The summed E-state index contributed by atoms with van der Waals surface area (Å²) >= 11 is 1.45. The Bertz CT molecular complexity index is 2530. The molecule has 8 rings (SSSR count). The first kappa shape index (κ1) is 45.4. The van der Waals surface area contributed by atoms with Gasteiger partial charge >= 0.3 is 5.97 Å². The van der Waals surface area contributed by atoms with E-state index < -0.39 is 40.8 Å². The quantitative estimate of drug-likeness (QED) is 0.136. The lowest BCUT2D eigenvalue weighted by molar-refractivity contribution is -0.160. The molecule has 5 heterocycles. The van der Waals surface area contributed by atoms with E-state index in [4.69, 9.17) is 14.5 Å². The number of nitrogens with one attached hydrogen (secondary N) is 2. The zero-order chi connectivity index (χ0) is 45.8. The molecule has 3 amide bonds. The molecule has 6 atom stereocenters. The van der Waals surface area contributed by atoms with Crippen LogP contribution in [0.1, 0.15) is 90.7 Å². The van der Waals surface area contributed by atoms with Gasteiger partial charge in [-0.1, -0.05) is 58.5 Å². The third-order valence-corrected chi connectivity index (χ3v) is 14.4. The average molecular weight is 891 g/mol. The number of thioether (sulfide) groups is 1. The third-order valence-electron chi connectivity index (χ3n) is 13.6. The molecule has 1 saturated heterocycles. The summed E-state index contributed by atoms with van der Waals surface area (Å²) in [4.78, 5) is 64.6. The van der Waals surface area contributed by atoms with Crippen molar-refractivity contribution in [3.8, 4) is 28.1 Å². The number of hydrogen-bond acceptors (Lipinski definition) is 10. The van der Waals surface area contributed by atoms with E-state index in [1.807, 2.05) is 51.3 Å². The third kappa shape index (κ3) is 8.68. The zero-order valence-corrected chi connectivity index (χ0v) is 39.3. The van der Waals surface area contributed by atoms with E-state index in [0.717, 1.165) is 55.9 Å². The molecule has 2 fully saturated rings. The van der Waals surface area contributed by atoms with Gasteiger partial charge < -0.3 is 29.4 Å². The zero-order valence-electron chi connectivity index (χ0n) is 38.5. The number of hydrazine groups is 1. The number of fused-ring (bicyclic) bond motifs is 6. The second-order valence-electron chi connectivity index (χ2n) is 19.4. The van der Waals surface area contributed by atoms with Crippen molar-refractivity contribution in [1.82, 2.24) is 30.2 Å². The standard InChI is InChI=1S/C50H62N6O7S/c1-10-55-40-15-14-32-24-37(40)38(44(55)35-13-11-17-51-42(35)30(5)62-9)25-49(6,7)27-63-48(61)50(41-26-64-41)16-12-18-56(53-50)47(60)39(22-31-20-33(32)23-34(57)21-31)52-45(58)43(28(2)3)54(8)46(59)36-19-29(36)4/h11,13-15,17,20-21,23-24,26,28-30,36,39,43,53,57H,10,12,16,18-19,22,25,27H2,1-9H3,(H,52,58)/t29-,30-,36-,39-,43-,50-/m0/s1. The fourth-order valence-corrected chi connectivity index (χ4v) is 10.6. The molecule has 64 heavy (non-hydrogen) atoms. The number of methoxy groups -OCH3 is 1. The summed E-state index contributed by atoms with van der Waals surface area (Å²) in [6.07, 6.45) is 3.79. The normalized spacial score (nSPS) is 24.1. The number of rotatable bonds is 10. The second-order valence-corrected chi connectivity index (χ2v) is 20.3. The van der Waals surface area contributed by atoms with Gasteiger partial charge in [0, 0.05) is 72.6 Å². The topological polar surface area (TPSA) is 155 Å². The van der Waals surface area contributed by atoms with E-state index in [9.17, 15) is 24.3 Å². The molecular formula is C50H62N6O7S. The number of esters is 1. The first-order chi connectivity index (χ1) is 30.5. The number of hydrogen-bond donors (Lipinski definition) is 3. The molecule has 0 radical (unpaired) electrons. The Labute approximate surface area is 380 Å². The van der Waals surface area contributed by atoms with E-state index in [1.54, 1.807) is 32.5 Å². The maximum atomic E-state index is 14.9. The highest BCUT2D eigenvalue weighted by Crippen LogP contribution is 2.48. The first-order valence-electron chi connectivity index (χ1n) is 22.6. The van der Waals surface area contributed by atoms with Crippen molar-refractivity contribution in [3.63, 3.8) is 0 Å². The Hall–Kier alpha value is -5.18. The molecule has 0 unspecified atom stereocenters. The number of carbonyl (C=O) groups is 4. The van der Waals surface area contributed by atoms with Crippen molar-refractivity contribution in [1.29, 1.82) is 0 Å². The number of likely N-dealkylation sites (N-methyl/N-ethyl adjacent to an activating group) is 1. The van der Waals surface area contributed by atoms with Crippen molar-refractivity contribution in [2.45, 2.75) is 111 Å². The molecule has 6 bridgehead atoms. The van der Waals surface area contributed by atoms with E-state index in [2.05, 4.69) is 54.3 Å². The summed E-state index contributed by atoms with van der Waals surface area (Å²) in [5, 5.41) is 18.8. The van der Waals surface area contributed by atoms with Crippen LogP contribution in [0.15, 0.2) is 65.0 Å². The number of ether oxygens (including phenoxy) is 2. The number of phenols is 1. The van der Waals surface area contributed by atoms with Gasteiger partial charge in [0.1, 0.15) is 17.8 Å². The number of nitrogens with zero attached hydrogens (tertiary/aromatic N) is 4. The molecule has 1 aliphatic carbocycles. The van der Waals surface area contributed by atoms with Gasteiger partial charge in [-0.15, -0.1) is 0 Å². The van der Waals surface area contributed by atoms with Crippen molar-refractivity contribution < 1.29 is 33.8 Å². The largest absolute Gasteiger partial charge is 0.508 e. The molecule has 14 heteroatoms. The molecule has 4 aromatic rings. The number of carbonyl (C=O) groups excluding carboxylic acids is 4. The lowest BCUT2D eigenvalue weighted by atomic mass is 9.83. The lowest BCUT2D eigenvalue weighted by Crippen LogP contribution is -2.67. The summed E-state index contributed by atoms with van der Waals surface area (Å²) in [7, 11) is 3.34. The fourth-order valence-electron chi connectivity index (χ4n) is 9.88. The predicted molar refractivity (Wildman–Crippen MR) is 249 cm³/mol. The van der Waals surface area contributed by atoms with Crippen LogP contribution in [0.25, 0.3) is 33.3 Å². The van der Waals surface area contributed by atoms with Crippen LogP contribution in [0, 0.1) is 23.2 Å². The van der Waals surface area contributed by atoms with Gasteiger partial charge in [0.15, 0.2) is 5.54 Å². The molecule has 3 N–H and O–H groups in total. The number of aryl methyl sites for hydroxylation is 1. The van der Waals surface area contributed by atoms with Crippen molar-refractivity contribution in [2.24, 2.45) is 23.2 Å². The first-order valence-corrected chi connectivity index (χ1v) is 23.5. The molecule has 1 saturated carbocycles. The smallest absolute Gasteiger partial charge is 0.333 e. The molecule has 2 aromatic carbocycles. The van der Waals surface area contributed by atoms with Crippen LogP contribution in [-0.2, 0) is 48.0 Å². The monoisotopic (exact) mass is 890 g/mol. The van der Waals surface area contributed by atoms with Gasteiger partial charge in [-0.2, -0.15) is 0 Å². The number of aromatic hydroxyl groups is 1. The summed E-state index contributed by atoms with van der Waals surface area (Å²) < 4.78 is 14.5. The number of benzene rings is 2. The summed E-state index contributed by atoms with van der Waals surface area (Å²) in [6, 6.07) is 13.7. The summed E-state index contributed by atoms with van der Waals surface area (Å²) in [5.74, 6) is -1.53. The van der Waals surface area contributed by atoms with E-state index in [0.29, 0.717) is 37.9 Å². The predicted octanol–water partition coefficient (Wildman–Crippen LogP) is 7.55. The van der Waals surface area contributed by atoms with Gasteiger partial charge in [-0.3, -0.25) is 24.4 Å². The van der Waals surface area contributed by atoms with Gasteiger partial charge in [-0.25, -0.2) is 10.2 Å². The van der Waals surface area contributed by atoms with E-state index in [1.165, 1.54) is 21.7 Å². The number of phenolic OH excluding ortho intramolecular Hbond substituents is 1. The SMILES string of the molecule is CCn1c(-c2cccnc2[C@H](C)OC)c2c3cc(ccc31)-c1cc(O)cc(c1)C[C@H](NC(=O)[C@H](C(C)C)N(C)C(=O)[C@H]1C[C@@H]1C)C(=O)N1CCC[C@@](C3=CS3)(N1)C(=O)OCC(C)(C)C2. The lowest BCUT2D eigenvalue weighted by Gasteiger charge is -2.42. The Morgan fingerprint density at radius 3 is 2.55 bits per heavy atom. The summed E-state index contributed by atoms with van der Waals surface area (Å²) in [6.45, 7) is 15.2. The Morgan fingerprint density at radius 1 is 1.12 bits per heavy atom. The fraction of sp³-hybridized carbons (Fsp3) is 0.500. The minimum Gasteiger partial charge on any atom is -0.508 e. The molecule has 0 spiro atoms. The van der Waals surface area contributed by atoms with Crippen LogP contribution in [0.4, 0.5) is 0 Å². The van der Waals surface area contributed by atoms with Crippen LogP contribution in [0.3, 0.4) is 0 Å². The summed E-state index contributed by atoms with van der Waals surface area (Å²) in [5.41, 5.74) is 8.58. The van der Waals surface area contributed by atoms with Crippen molar-refractivity contribution in [2.75, 3.05) is 27.3 Å². The van der Waals surface area contributed by atoms with Gasteiger partial charge in [-0.05, 0) is 115 Å². The van der Waals surface area contributed by atoms with Gasteiger partial charge in [0.25, 0.3) is 5.91 Å². The Balaban J connectivity index is 1.27. The average Bonchev–Trinajstić information content (AvgIpc) is 4.22. The van der Waals surface area contributed by atoms with Gasteiger partial charge in [0.2, 0.25) is 11.8 Å². The Morgan fingerprint density at radius 2 is 1.88 bits per heavy atom.